The summed E-state index contributed by atoms with van der Waals surface area (Å²) >= 11 is 5.27. The van der Waals surface area contributed by atoms with Crippen LogP contribution in [-0.4, -0.2) is 32.8 Å². The number of hydrogen-bond acceptors (Lipinski definition) is 4. The van der Waals surface area contributed by atoms with Crippen LogP contribution in [0.2, 0.25) is 0 Å². The Labute approximate surface area is 136 Å². The zero-order chi connectivity index (χ0) is 15.0. The van der Waals surface area contributed by atoms with Gasteiger partial charge in [0.1, 0.15) is 11.9 Å². The standard InChI is InChI=1S/C15H17BrN2O2S/c1-9-15(16)10(18(2)17-9)7-11(19)13-8-21-14-6-4-3-5-12(14)20-13/h3-6,11,13,19H,7-8H2,1-2H3. The van der Waals surface area contributed by atoms with Crippen molar-refractivity contribution >= 4 is 27.7 Å². The minimum absolute atomic E-state index is 0.202. The van der Waals surface area contributed by atoms with E-state index < -0.39 is 6.10 Å². The van der Waals surface area contributed by atoms with E-state index in [0.29, 0.717) is 6.42 Å². The van der Waals surface area contributed by atoms with Crippen LogP contribution in [0.15, 0.2) is 33.6 Å². The number of aliphatic hydroxyl groups is 1. The summed E-state index contributed by atoms with van der Waals surface area (Å²) in [6.45, 7) is 1.95. The van der Waals surface area contributed by atoms with E-state index in [1.165, 1.54) is 0 Å². The minimum Gasteiger partial charge on any atom is -0.486 e. The lowest BCUT2D eigenvalue weighted by molar-refractivity contribution is 0.0455. The number of nitrogens with zero attached hydrogens (tertiary/aromatic N) is 2. The summed E-state index contributed by atoms with van der Waals surface area (Å²) in [4.78, 5) is 1.14. The number of benzene rings is 1. The monoisotopic (exact) mass is 368 g/mol. The Hall–Kier alpha value is -0.980. The second kappa shape index (κ2) is 6.02. The molecule has 1 N–H and O–H groups in total. The number of rotatable bonds is 3. The van der Waals surface area contributed by atoms with Gasteiger partial charge in [-0.25, -0.2) is 0 Å². The van der Waals surface area contributed by atoms with Gasteiger partial charge in [-0.15, -0.1) is 11.8 Å². The van der Waals surface area contributed by atoms with Crippen LogP contribution in [0.4, 0.5) is 0 Å². The van der Waals surface area contributed by atoms with Gasteiger partial charge in [0, 0.05) is 24.1 Å². The molecule has 0 amide bonds. The van der Waals surface area contributed by atoms with Crippen molar-refractivity contribution in [2.45, 2.75) is 30.4 Å². The van der Waals surface area contributed by atoms with Gasteiger partial charge in [-0.1, -0.05) is 12.1 Å². The lowest BCUT2D eigenvalue weighted by atomic mass is 10.1. The Balaban J connectivity index is 1.73. The summed E-state index contributed by atoms with van der Waals surface area (Å²) in [5, 5.41) is 14.9. The quantitative estimate of drug-likeness (QED) is 0.904. The van der Waals surface area contributed by atoms with Gasteiger partial charge in [-0.3, -0.25) is 4.68 Å². The first kappa shape index (κ1) is 14.9. The maximum atomic E-state index is 10.5. The first-order valence-electron chi connectivity index (χ1n) is 6.80. The number of aliphatic hydroxyl groups excluding tert-OH is 1. The van der Waals surface area contributed by atoms with E-state index in [1.54, 1.807) is 11.8 Å². The average Bonchev–Trinajstić information content (AvgIpc) is 2.73. The Morgan fingerprint density at radius 1 is 1.52 bits per heavy atom. The van der Waals surface area contributed by atoms with Crippen molar-refractivity contribution in [3.63, 3.8) is 0 Å². The van der Waals surface area contributed by atoms with Crippen molar-refractivity contribution in [1.29, 1.82) is 0 Å². The van der Waals surface area contributed by atoms with Crippen LogP contribution >= 0.6 is 27.7 Å². The molecule has 0 spiro atoms. The predicted octanol–water partition coefficient (Wildman–Crippen LogP) is 2.95. The summed E-state index contributed by atoms with van der Waals surface area (Å²) in [6.07, 6.45) is -0.241. The lowest BCUT2D eigenvalue weighted by Gasteiger charge is -2.29. The van der Waals surface area contributed by atoms with Gasteiger partial charge in [0.05, 0.1) is 22.0 Å². The Morgan fingerprint density at radius 3 is 3.00 bits per heavy atom. The smallest absolute Gasteiger partial charge is 0.134 e. The van der Waals surface area contributed by atoms with E-state index >= 15 is 0 Å². The fourth-order valence-corrected chi connectivity index (χ4v) is 4.02. The van der Waals surface area contributed by atoms with Crippen molar-refractivity contribution in [3.8, 4) is 5.75 Å². The van der Waals surface area contributed by atoms with E-state index in [4.69, 9.17) is 4.74 Å². The lowest BCUT2D eigenvalue weighted by Crippen LogP contribution is -2.37. The number of fused-ring (bicyclic) bond motifs is 1. The Bertz CT molecular complexity index is 659. The molecule has 2 aromatic rings. The number of hydrogen-bond donors (Lipinski definition) is 1. The molecule has 2 atom stereocenters. The van der Waals surface area contributed by atoms with Crippen molar-refractivity contribution in [3.05, 3.63) is 40.1 Å². The molecule has 112 valence electrons. The molecule has 3 rings (SSSR count). The summed E-state index contributed by atoms with van der Waals surface area (Å²) in [5.41, 5.74) is 1.93. The topological polar surface area (TPSA) is 47.3 Å². The molecule has 0 radical (unpaired) electrons. The van der Waals surface area contributed by atoms with Crippen LogP contribution in [-0.2, 0) is 13.5 Å². The van der Waals surface area contributed by atoms with E-state index in [-0.39, 0.29) is 6.10 Å². The molecule has 1 aliphatic heterocycles. The molecular weight excluding hydrogens is 352 g/mol. The maximum absolute atomic E-state index is 10.5. The predicted molar refractivity (Wildman–Crippen MR) is 86.9 cm³/mol. The molecule has 2 unspecified atom stereocenters. The maximum Gasteiger partial charge on any atom is 0.134 e. The normalized spacial score (nSPS) is 19.0. The molecule has 6 heteroatoms. The number of aromatic nitrogens is 2. The van der Waals surface area contributed by atoms with Gasteiger partial charge >= 0.3 is 0 Å². The summed E-state index contributed by atoms with van der Waals surface area (Å²) in [5.74, 6) is 1.62. The summed E-state index contributed by atoms with van der Waals surface area (Å²) < 4.78 is 8.71. The SMILES string of the molecule is Cc1nn(C)c(CC(O)C2CSc3ccccc3O2)c1Br. The Morgan fingerprint density at radius 2 is 2.29 bits per heavy atom. The third-order valence-electron chi connectivity index (χ3n) is 3.62. The van der Waals surface area contributed by atoms with Gasteiger partial charge in [-0.2, -0.15) is 5.10 Å². The highest BCUT2D eigenvalue weighted by molar-refractivity contribution is 9.10. The second-order valence-electron chi connectivity index (χ2n) is 5.16. The molecule has 21 heavy (non-hydrogen) atoms. The second-order valence-corrected chi connectivity index (χ2v) is 7.01. The molecule has 0 fully saturated rings. The minimum atomic E-state index is -0.558. The van der Waals surface area contributed by atoms with Gasteiger partial charge in [-0.05, 0) is 35.0 Å². The number of ether oxygens (including phenoxy) is 1. The third kappa shape index (κ3) is 2.98. The molecule has 1 aliphatic rings. The van der Waals surface area contributed by atoms with Gasteiger partial charge in [0.2, 0.25) is 0 Å². The fraction of sp³-hybridized carbons (Fsp3) is 0.400. The van der Waals surface area contributed by atoms with Crippen LogP contribution in [0.5, 0.6) is 5.75 Å². The number of para-hydroxylation sites is 1. The van der Waals surface area contributed by atoms with Crippen LogP contribution in [0, 0.1) is 6.92 Å². The molecule has 1 aromatic heterocycles. The van der Waals surface area contributed by atoms with Gasteiger partial charge < -0.3 is 9.84 Å². The zero-order valence-corrected chi connectivity index (χ0v) is 14.3. The largest absolute Gasteiger partial charge is 0.486 e. The third-order valence-corrected chi connectivity index (χ3v) is 5.80. The molecule has 1 aromatic carbocycles. The van der Waals surface area contributed by atoms with Crippen molar-refractivity contribution in [2.75, 3.05) is 5.75 Å². The number of halogens is 1. The highest BCUT2D eigenvalue weighted by Crippen LogP contribution is 2.36. The first-order chi connectivity index (χ1) is 10.1. The van der Waals surface area contributed by atoms with E-state index in [1.807, 2.05) is 42.9 Å². The number of thioether (sulfide) groups is 1. The molecule has 0 bridgehead atoms. The molecular formula is C15H17BrN2O2S. The molecule has 0 saturated heterocycles. The van der Waals surface area contributed by atoms with E-state index in [9.17, 15) is 5.11 Å². The average molecular weight is 369 g/mol. The van der Waals surface area contributed by atoms with Crippen molar-refractivity contribution in [2.24, 2.45) is 7.05 Å². The zero-order valence-electron chi connectivity index (χ0n) is 11.9. The molecule has 2 heterocycles. The first-order valence-corrected chi connectivity index (χ1v) is 8.58. The fourth-order valence-electron chi connectivity index (χ4n) is 2.46. The van der Waals surface area contributed by atoms with Crippen LogP contribution in [0.25, 0.3) is 0 Å². The highest BCUT2D eigenvalue weighted by Gasteiger charge is 2.28. The molecule has 0 aliphatic carbocycles. The van der Waals surface area contributed by atoms with Crippen LogP contribution in [0.3, 0.4) is 0 Å². The van der Waals surface area contributed by atoms with Crippen LogP contribution in [0.1, 0.15) is 11.4 Å². The van der Waals surface area contributed by atoms with Crippen molar-refractivity contribution < 1.29 is 9.84 Å². The molecule has 0 saturated carbocycles. The van der Waals surface area contributed by atoms with E-state index in [2.05, 4.69) is 21.0 Å². The van der Waals surface area contributed by atoms with Gasteiger partial charge in [0.15, 0.2) is 0 Å². The van der Waals surface area contributed by atoms with Crippen molar-refractivity contribution in [1.82, 2.24) is 9.78 Å². The summed E-state index contributed by atoms with van der Waals surface area (Å²) in [6, 6.07) is 7.95. The van der Waals surface area contributed by atoms with E-state index in [0.717, 1.165) is 32.3 Å². The van der Waals surface area contributed by atoms with Gasteiger partial charge in [0.25, 0.3) is 0 Å². The number of aryl methyl sites for hydroxylation is 2. The Kier molecular flexibility index (Phi) is 4.28. The highest BCUT2D eigenvalue weighted by atomic mass is 79.9. The van der Waals surface area contributed by atoms with Crippen LogP contribution < -0.4 is 4.74 Å². The molecule has 4 nitrogen and oxygen atoms in total. The summed E-state index contributed by atoms with van der Waals surface area (Å²) in [7, 11) is 1.89.